The van der Waals surface area contributed by atoms with Crippen LogP contribution in [0.15, 0.2) is 31.0 Å². The SMILES string of the molecule is C[C@H](c1ncc(F)cc1F)c1c(F)cnc2nc(N)nc(Nc3cn(C)cn3)c12. The van der Waals surface area contributed by atoms with Gasteiger partial charge >= 0.3 is 0 Å². The number of imidazole rings is 1. The molecule has 0 aliphatic heterocycles. The van der Waals surface area contributed by atoms with E-state index in [2.05, 4.69) is 30.2 Å². The lowest BCUT2D eigenvalue weighted by molar-refractivity contribution is 0.545. The molecule has 0 aromatic carbocycles. The van der Waals surface area contributed by atoms with Crippen molar-refractivity contribution in [3.8, 4) is 0 Å². The van der Waals surface area contributed by atoms with Crippen LogP contribution < -0.4 is 11.1 Å². The van der Waals surface area contributed by atoms with Crippen molar-refractivity contribution >= 4 is 28.6 Å². The monoisotopic (exact) mass is 400 g/mol. The molecule has 1 atom stereocenters. The Morgan fingerprint density at radius 3 is 2.55 bits per heavy atom. The van der Waals surface area contributed by atoms with Crippen LogP contribution in [0, 0.1) is 17.5 Å². The molecule has 0 amide bonds. The standard InChI is InChI=1S/C18H15F3N8/c1-8(15-10(20)3-9(19)4-23-15)13-11(21)5-24-16-14(13)17(28-18(22)27-16)26-12-6-29(2)7-25-12/h3-8H,1-2H3,(H3,22,24,26,27,28)/t8-/m0/s1. The Kier molecular flexibility index (Phi) is 4.49. The quantitative estimate of drug-likeness (QED) is 0.542. The van der Waals surface area contributed by atoms with Crippen molar-refractivity contribution in [2.75, 3.05) is 11.1 Å². The number of aromatic nitrogens is 6. The second kappa shape index (κ2) is 7.00. The van der Waals surface area contributed by atoms with Crippen LogP contribution in [0.25, 0.3) is 11.0 Å². The molecule has 4 rings (SSSR count). The molecule has 0 saturated carbocycles. The van der Waals surface area contributed by atoms with Gasteiger partial charge in [-0.1, -0.05) is 6.92 Å². The van der Waals surface area contributed by atoms with Crippen molar-refractivity contribution in [3.05, 3.63) is 59.7 Å². The van der Waals surface area contributed by atoms with Gasteiger partial charge < -0.3 is 15.6 Å². The van der Waals surface area contributed by atoms with E-state index in [1.807, 2.05) is 0 Å². The summed E-state index contributed by atoms with van der Waals surface area (Å²) in [6.45, 7) is 1.54. The first-order valence-electron chi connectivity index (χ1n) is 8.51. The molecule has 0 radical (unpaired) electrons. The number of anilines is 3. The molecule has 0 bridgehead atoms. The van der Waals surface area contributed by atoms with Gasteiger partial charge in [0.05, 0.1) is 29.8 Å². The van der Waals surface area contributed by atoms with Crippen molar-refractivity contribution < 1.29 is 13.2 Å². The molecule has 0 unspecified atom stereocenters. The van der Waals surface area contributed by atoms with Gasteiger partial charge in [0.25, 0.3) is 0 Å². The second-order valence-corrected chi connectivity index (χ2v) is 6.44. The number of fused-ring (bicyclic) bond motifs is 1. The van der Waals surface area contributed by atoms with Gasteiger partial charge in [-0.3, -0.25) is 4.98 Å². The van der Waals surface area contributed by atoms with E-state index in [1.165, 1.54) is 0 Å². The number of nitrogens with zero attached hydrogens (tertiary/aromatic N) is 6. The third-order valence-electron chi connectivity index (χ3n) is 4.36. The topological polar surface area (TPSA) is 107 Å². The second-order valence-electron chi connectivity index (χ2n) is 6.44. The lowest BCUT2D eigenvalue weighted by atomic mass is 9.94. The summed E-state index contributed by atoms with van der Waals surface area (Å²) in [6.07, 6.45) is 5.08. The van der Waals surface area contributed by atoms with Gasteiger partial charge in [0.1, 0.15) is 29.1 Å². The third kappa shape index (κ3) is 3.42. The van der Waals surface area contributed by atoms with Gasteiger partial charge in [-0.15, -0.1) is 0 Å². The molecule has 3 N–H and O–H groups in total. The van der Waals surface area contributed by atoms with Crippen LogP contribution in [-0.4, -0.2) is 29.5 Å². The molecule has 148 valence electrons. The summed E-state index contributed by atoms with van der Waals surface area (Å²) in [5.41, 5.74) is 5.80. The maximum absolute atomic E-state index is 14.9. The summed E-state index contributed by atoms with van der Waals surface area (Å²) in [5, 5.41) is 3.16. The van der Waals surface area contributed by atoms with Crippen molar-refractivity contribution in [1.82, 2.24) is 29.5 Å². The van der Waals surface area contributed by atoms with Crippen LogP contribution in [0.1, 0.15) is 24.1 Å². The van der Waals surface area contributed by atoms with Crippen LogP contribution in [0.2, 0.25) is 0 Å². The third-order valence-corrected chi connectivity index (χ3v) is 4.36. The van der Waals surface area contributed by atoms with E-state index < -0.39 is 23.4 Å². The minimum Gasteiger partial charge on any atom is -0.368 e. The minimum atomic E-state index is -0.891. The summed E-state index contributed by atoms with van der Waals surface area (Å²) in [5.74, 6) is -2.82. The molecule has 0 spiro atoms. The molecule has 4 aromatic rings. The Morgan fingerprint density at radius 2 is 1.86 bits per heavy atom. The minimum absolute atomic E-state index is 0.0476. The van der Waals surface area contributed by atoms with E-state index in [4.69, 9.17) is 5.73 Å². The van der Waals surface area contributed by atoms with Crippen molar-refractivity contribution in [2.24, 2.45) is 7.05 Å². The molecule has 0 aliphatic carbocycles. The number of hydrogen-bond acceptors (Lipinski definition) is 7. The highest BCUT2D eigenvalue weighted by Crippen LogP contribution is 2.35. The number of pyridine rings is 2. The van der Waals surface area contributed by atoms with Crippen LogP contribution >= 0.6 is 0 Å². The predicted octanol–water partition coefficient (Wildman–Crippen LogP) is 3.05. The van der Waals surface area contributed by atoms with Crippen LogP contribution in [-0.2, 0) is 7.05 Å². The van der Waals surface area contributed by atoms with Crippen molar-refractivity contribution in [2.45, 2.75) is 12.8 Å². The lowest BCUT2D eigenvalue weighted by Crippen LogP contribution is -2.10. The zero-order valence-corrected chi connectivity index (χ0v) is 15.4. The number of aryl methyl sites for hydroxylation is 1. The van der Waals surface area contributed by atoms with Crippen LogP contribution in [0.4, 0.5) is 30.8 Å². The average molecular weight is 400 g/mol. The molecule has 0 fully saturated rings. The molecule has 29 heavy (non-hydrogen) atoms. The molecule has 8 nitrogen and oxygen atoms in total. The van der Waals surface area contributed by atoms with E-state index in [9.17, 15) is 13.2 Å². The highest BCUT2D eigenvalue weighted by molar-refractivity contribution is 5.92. The van der Waals surface area contributed by atoms with Crippen LogP contribution in [0.5, 0.6) is 0 Å². The molecule has 4 heterocycles. The van der Waals surface area contributed by atoms with E-state index in [1.54, 1.807) is 31.1 Å². The highest BCUT2D eigenvalue weighted by Gasteiger charge is 2.25. The Hall–Kier alpha value is -3.76. The maximum atomic E-state index is 14.9. The van der Waals surface area contributed by atoms with Gasteiger partial charge in [0.15, 0.2) is 5.65 Å². The zero-order chi connectivity index (χ0) is 20.7. The molecule has 11 heteroatoms. The summed E-state index contributed by atoms with van der Waals surface area (Å²) < 4.78 is 44.1. The van der Waals surface area contributed by atoms with Crippen LogP contribution in [0.3, 0.4) is 0 Å². The Morgan fingerprint density at radius 1 is 1.07 bits per heavy atom. The molecule has 0 aliphatic rings. The van der Waals surface area contributed by atoms with Crippen molar-refractivity contribution in [1.29, 1.82) is 0 Å². The Labute approximate surface area is 162 Å². The number of nitrogen functional groups attached to an aromatic ring is 1. The molecule has 4 aromatic heterocycles. The number of rotatable bonds is 4. The Balaban J connectivity index is 1.94. The first kappa shape index (κ1) is 18.6. The molecular weight excluding hydrogens is 385 g/mol. The fraction of sp³-hybridized carbons (Fsp3) is 0.167. The van der Waals surface area contributed by atoms with Gasteiger partial charge in [0.2, 0.25) is 5.95 Å². The lowest BCUT2D eigenvalue weighted by Gasteiger charge is -2.17. The van der Waals surface area contributed by atoms with Crippen molar-refractivity contribution in [3.63, 3.8) is 0 Å². The normalized spacial score (nSPS) is 12.3. The van der Waals surface area contributed by atoms with E-state index >= 15 is 0 Å². The first-order chi connectivity index (χ1) is 13.8. The zero-order valence-electron chi connectivity index (χ0n) is 15.4. The maximum Gasteiger partial charge on any atom is 0.224 e. The number of halogens is 3. The van der Waals surface area contributed by atoms with Gasteiger partial charge in [-0.2, -0.15) is 9.97 Å². The summed E-state index contributed by atoms with van der Waals surface area (Å²) >= 11 is 0. The molecular formula is C18H15F3N8. The van der Waals surface area contributed by atoms with E-state index in [-0.39, 0.29) is 34.1 Å². The Bertz CT molecular complexity index is 1220. The average Bonchev–Trinajstić information content (AvgIpc) is 3.06. The summed E-state index contributed by atoms with van der Waals surface area (Å²) in [7, 11) is 1.78. The van der Waals surface area contributed by atoms with E-state index in [0.717, 1.165) is 12.4 Å². The van der Waals surface area contributed by atoms with Gasteiger partial charge in [0, 0.05) is 30.8 Å². The van der Waals surface area contributed by atoms with E-state index in [0.29, 0.717) is 11.9 Å². The summed E-state index contributed by atoms with van der Waals surface area (Å²) in [4.78, 5) is 20.1. The fourth-order valence-electron chi connectivity index (χ4n) is 3.11. The van der Waals surface area contributed by atoms with Gasteiger partial charge in [-0.05, 0) is 0 Å². The number of hydrogen-bond donors (Lipinski definition) is 2. The van der Waals surface area contributed by atoms with Gasteiger partial charge in [-0.25, -0.2) is 23.1 Å². The predicted molar refractivity (Wildman–Crippen MR) is 99.9 cm³/mol. The molecule has 0 saturated heterocycles. The fourth-order valence-corrected chi connectivity index (χ4v) is 3.11. The number of nitrogens with one attached hydrogen (secondary N) is 1. The largest absolute Gasteiger partial charge is 0.368 e. The smallest absolute Gasteiger partial charge is 0.224 e. The first-order valence-corrected chi connectivity index (χ1v) is 8.51. The highest BCUT2D eigenvalue weighted by atomic mass is 19.1. The summed E-state index contributed by atoms with van der Waals surface area (Å²) in [6, 6.07) is 0.696. The number of nitrogens with two attached hydrogens (primary N) is 1.